The van der Waals surface area contributed by atoms with Crippen molar-refractivity contribution in [3.05, 3.63) is 161 Å². The quantitative estimate of drug-likeness (QED) is 0.191. The van der Waals surface area contributed by atoms with E-state index < -0.39 is 0 Å². The fraction of sp³-hybridized carbons (Fsp3) is 0. The summed E-state index contributed by atoms with van der Waals surface area (Å²) in [5.74, 6) is 13.8. The molecule has 0 saturated carbocycles. The molecule has 2 aromatic rings. The first-order chi connectivity index (χ1) is 18.8. The first-order valence-electron chi connectivity index (χ1n) is 12.8. The highest BCUT2D eigenvalue weighted by Crippen LogP contribution is 2.45. The van der Waals surface area contributed by atoms with Crippen LogP contribution in [-0.4, -0.2) is 0 Å². The zero-order valence-corrected chi connectivity index (χ0v) is 20.7. The molecule has 7 rings (SSSR count). The van der Waals surface area contributed by atoms with E-state index in [1.54, 1.807) is 0 Å². The molecular formula is C38H22. The third-order valence-corrected chi connectivity index (χ3v) is 7.14. The highest BCUT2D eigenvalue weighted by Gasteiger charge is 2.24. The molecule has 0 saturated heterocycles. The van der Waals surface area contributed by atoms with Crippen LogP contribution in [0.1, 0.15) is 22.3 Å². The smallest absolute Gasteiger partial charge is 0.0616 e. The van der Waals surface area contributed by atoms with Gasteiger partial charge in [-0.05, 0) is 68.8 Å². The Labute approximate surface area is 223 Å². The fourth-order valence-corrected chi connectivity index (χ4v) is 5.21. The molecule has 0 atom stereocenters. The van der Waals surface area contributed by atoms with Crippen molar-refractivity contribution in [3.63, 3.8) is 0 Å². The van der Waals surface area contributed by atoms with E-state index in [9.17, 15) is 0 Å². The van der Waals surface area contributed by atoms with Crippen molar-refractivity contribution >= 4 is 5.57 Å². The summed E-state index contributed by atoms with van der Waals surface area (Å²) in [6.45, 7) is 0. The minimum absolute atomic E-state index is 0.832. The van der Waals surface area contributed by atoms with Gasteiger partial charge in [-0.15, -0.1) is 0 Å². The van der Waals surface area contributed by atoms with Crippen LogP contribution in [0, 0.1) is 23.7 Å². The lowest BCUT2D eigenvalue weighted by Gasteiger charge is -2.04. The van der Waals surface area contributed by atoms with Gasteiger partial charge in [0, 0.05) is 16.7 Å². The summed E-state index contributed by atoms with van der Waals surface area (Å²) in [7, 11) is 0. The van der Waals surface area contributed by atoms with Gasteiger partial charge in [0.15, 0.2) is 0 Å². The van der Waals surface area contributed by atoms with Gasteiger partial charge in [0.1, 0.15) is 0 Å². The van der Waals surface area contributed by atoms with Gasteiger partial charge in [0.25, 0.3) is 0 Å². The molecule has 0 nitrogen and oxygen atoms in total. The van der Waals surface area contributed by atoms with Crippen LogP contribution in [0.2, 0.25) is 0 Å². The van der Waals surface area contributed by atoms with Gasteiger partial charge in [-0.3, -0.25) is 0 Å². The Hall–Kier alpha value is -5.30. The largest absolute Gasteiger partial charge is 0.0836 e. The second kappa shape index (κ2) is 9.29. The lowest BCUT2D eigenvalue weighted by atomic mass is 9.98. The van der Waals surface area contributed by atoms with E-state index in [-0.39, 0.29) is 0 Å². The molecule has 0 heterocycles. The maximum absolute atomic E-state index is 3.48. The van der Waals surface area contributed by atoms with E-state index in [0.717, 1.165) is 22.3 Å². The van der Waals surface area contributed by atoms with Crippen molar-refractivity contribution in [2.24, 2.45) is 0 Å². The summed E-state index contributed by atoms with van der Waals surface area (Å²) < 4.78 is 0. The predicted octanol–water partition coefficient (Wildman–Crippen LogP) is 8.78. The average Bonchev–Trinajstić information content (AvgIpc) is 3.62. The molecule has 0 fully saturated rings. The number of hydrogen-bond donors (Lipinski definition) is 0. The Bertz CT molecular complexity index is 1720. The second-order valence-corrected chi connectivity index (χ2v) is 9.46. The molecule has 0 N–H and O–H groups in total. The molecule has 38 heavy (non-hydrogen) atoms. The molecule has 0 radical (unpaired) electrons. The molecule has 5 aliphatic carbocycles. The van der Waals surface area contributed by atoms with Crippen molar-refractivity contribution in [1.82, 2.24) is 0 Å². The molecule has 0 spiro atoms. The fourth-order valence-electron chi connectivity index (χ4n) is 5.21. The Morgan fingerprint density at radius 3 is 1.11 bits per heavy atom. The molecule has 0 heteroatoms. The molecule has 0 amide bonds. The monoisotopic (exact) mass is 478 g/mol. The molecule has 174 valence electrons. The van der Waals surface area contributed by atoms with E-state index in [1.807, 2.05) is 0 Å². The van der Waals surface area contributed by atoms with Crippen LogP contribution in [0.5, 0.6) is 0 Å². The van der Waals surface area contributed by atoms with Gasteiger partial charge in [0.05, 0.1) is 5.57 Å². The van der Waals surface area contributed by atoms with Crippen LogP contribution in [-0.2, 0) is 0 Å². The average molecular weight is 479 g/mol. The SMILES string of the molecule is C(#Cc1ccc2cccc-2cc1)C(C#Cc1ccc2cccc-2cc1)=C1c2ccccc2-c2ccccc21. The van der Waals surface area contributed by atoms with Gasteiger partial charge in [-0.1, -0.05) is 133 Å². The summed E-state index contributed by atoms with van der Waals surface area (Å²) in [6, 6.07) is 46.6. The number of fused-ring (bicyclic) bond motifs is 5. The van der Waals surface area contributed by atoms with Gasteiger partial charge in [0.2, 0.25) is 0 Å². The van der Waals surface area contributed by atoms with Crippen molar-refractivity contribution in [3.8, 4) is 57.1 Å². The first kappa shape index (κ1) is 21.9. The lowest BCUT2D eigenvalue weighted by Crippen LogP contribution is -1.88. The Morgan fingerprint density at radius 1 is 0.342 bits per heavy atom. The molecule has 0 aromatic heterocycles. The third kappa shape index (κ3) is 3.96. The van der Waals surface area contributed by atoms with Crippen molar-refractivity contribution in [2.45, 2.75) is 0 Å². The lowest BCUT2D eigenvalue weighted by molar-refractivity contribution is 1.64. The van der Waals surface area contributed by atoms with Gasteiger partial charge in [-0.2, -0.15) is 0 Å². The van der Waals surface area contributed by atoms with Crippen LogP contribution in [0.3, 0.4) is 0 Å². The zero-order valence-electron chi connectivity index (χ0n) is 20.7. The molecular weight excluding hydrogens is 456 g/mol. The first-order valence-corrected chi connectivity index (χ1v) is 12.8. The van der Waals surface area contributed by atoms with Crippen LogP contribution in [0.15, 0.2) is 139 Å². The van der Waals surface area contributed by atoms with E-state index in [4.69, 9.17) is 0 Å². The molecule has 2 aromatic carbocycles. The molecule has 0 aliphatic heterocycles. The second-order valence-electron chi connectivity index (χ2n) is 9.46. The third-order valence-electron chi connectivity index (χ3n) is 7.14. The summed E-state index contributed by atoms with van der Waals surface area (Å²) in [6.07, 6.45) is 0. The number of allylic oxidation sites excluding steroid dienone is 1. The summed E-state index contributed by atoms with van der Waals surface area (Å²) in [4.78, 5) is 0. The Morgan fingerprint density at radius 2 is 0.711 bits per heavy atom. The van der Waals surface area contributed by atoms with Gasteiger partial charge >= 0.3 is 0 Å². The number of rotatable bonds is 0. The van der Waals surface area contributed by atoms with Crippen LogP contribution in [0.4, 0.5) is 0 Å². The number of benzene rings is 2. The van der Waals surface area contributed by atoms with E-state index in [2.05, 4.69) is 157 Å². The van der Waals surface area contributed by atoms with Gasteiger partial charge in [-0.25, -0.2) is 0 Å². The summed E-state index contributed by atoms with van der Waals surface area (Å²) in [5, 5.41) is 0. The normalized spacial score (nSPS) is 11.2. The standard InChI is InChI=1S/C38H22/c1-3-13-36-34(11-1)35-12-2-4-14-37(35)38(36)33(25-19-27-15-21-29-7-5-8-30(29)22-16-27)26-20-28-17-23-31-9-6-10-32(31)24-18-28/h1-18,21-24H. The van der Waals surface area contributed by atoms with Crippen LogP contribution in [0.25, 0.3) is 39.0 Å². The minimum atomic E-state index is 0.832. The summed E-state index contributed by atoms with van der Waals surface area (Å²) in [5.41, 5.74) is 13.5. The highest BCUT2D eigenvalue weighted by atomic mass is 14.3. The topological polar surface area (TPSA) is 0 Å². The van der Waals surface area contributed by atoms with Gasteiger partial charge < -0.3 is 0 Å². The van der Waals surface area contributed by atoms with E-state index >= 15 is 0 Å². The van der Waals surface area contributed by atoms with E-state index in [1.165, 1.54) is 44.5 Å². The minimum Gasteiger partial charge on any atom is -0.0616 e. The van der Waals surface area contributed by atoms with E-state index in [0.29, 0.717) is 0 Å². The summed E-state index contributed by atoms with van der Waals surface area (Å²) >= 11 is 0. The number of hydrogen-bond acceptors (Lipinski definition) is 0. The molecule has 0 unspecified atom stereocenters. The van der Waals surface area contributed by atoms with Crippen molar-refractivity contribution in [2.75, 3.05) is 0 Å². The Kier molecular flexibility index (Phi) is 5.37. The molecule has 0 bridgehead atoms. The zero-order chi connectivity index (χ0) is 25.3. The van der Waals surface area contributed by atoms with Crippen LogP contribution >= 0.6 is 0 Å². The van der Waals surface area contributed by atoms with Crippen LogP contribution < -0.4 is 0 Å². The highest BCUT2D eigenvalue weighted by molar-refractivity contribution is 6.04. The molecule has 5 aliphatic rings. The maximum atomic E-state index is 3.48. The van der Waals surface area contributed by atoms with Crippen molar-refractivity contribution in [1.29, 1.82) is 0 Å². The Balaban J connectivity index is 1.42. The predicted molar refractivity (Wildman–Crippen MR) is 158 cm³/mol. The maximum Gasteiger partial charge on any atom is 0.0836 e. The van der Waals surface area contributed by atoms with Crippen molar-refractivity contribution < 1.29 is 0 Å².